The molecule has 9 nitrogen and oxygen atoms in total. The highest BCUT2D eigenvalue weighted by Crippen LogP contribution is 2.33. The number of allylic oxidation sites excluding steroid dienone is 3. The predicted molar refractivity (Wildman–Crippen MR) is 151 cm³/mol. The number of hydrogen-bond donors (Lipinski definition) is 2. The average Bonchev–Trinajstić information content (AvgIpc) is 3.18. The molecule has 2 aromatic carbocycles. The Morgan fingerprint density at radius 2 is 1.97 bits per heavy atom. The molecule has 2 N–H and O–H groups in total. The first-order valence-corrected chi connectivity index (χ1v) is 13.0. The fraction of sp³-hybridized carbons (Fsp3) is 0.207. The van der Waals surface area contributed by atoms with Gasteiger partial charge in [-0.3, -0.25) is 9.80 Å². The van der Waals surface area contributed by atoms with Crippen LogP contribution in [0.4, 0.5) is 5.82 Å². The Morgan fingerprint density at radius 3 is 2.72 bits per heavy atom. The number of aryl methyl sites for hydroxylation is 2. The van der Waals surface area contributed by atoms with Crippen LogP contribution in [0.3, 0.4) is 0 Å². The van der Waals surface area contributed by atoms with Gasteiger partial charge in [0.25, 0.3) is 5.91 Å². The molecule has 2 aliphatic rings. The van der Waals surface area contributed by atoms with Crippen molar-refractivity contribution in [3.8, 4) is 11.1 Å². The lowest BCUT2D eigenvalue weighted by Crippen LogP contribution is -2.32. The number of amides is 1. The van der Waals surface area contributed by atoms with Gasteiger partial charge >= 0.3 is 0 Å². The smallest absolute Gasteiger partial charge is 0.294 e. The van der Waals surface area contributed by atoms with E-state index in [1.807, 2.05) is 80.5 Å². The zero-order chi connectivity index (χ0) is 27.1. The van der Waals surface area contributed by atoms with E-state index in [0.29, 0.717) is 28.7 Å². The molecule has 0 bridgehead atoms. The molecule has 0 fully saturated rings. The van der Waals surface area contributed by atoms with Crippen LogP contribution in [0, 0.1) is 13.8 Å². The van der Waals surface area contributed by atoms with Crippen molar-refractivity contribution in [1.29, 1.82) is 0 Å². The van der Waals surface area contributed by atoms with Crippen LogP contribution in [0.25, 0.3) is 22.0 Å². The Hall–Kier alpha value is -4.50. The molecule has 39 heavy (non-hydrogen) atoms. The van der Waals surface area contributed by atoms with Crippen molar-refractivity contribution >= 4 is 40.1 Å². The number of nitrogens with one attached hydrogen (secondary N) is 2. The fourth-order valence-corrected chi connectivity index (χ4v) is 5.06. The molecule has 1 amide bonds. The van der Waals surface area contributed by atoms with Gasteiger partial charge in [-0.2, -0.15) is 5.10 Å². The van der Waals surface area contributed by atoms with Crippen LogP contribution in [-0.4, -0.2) is 38.9 Å². The zero-order valence-electron chi connectivity index (χ0n) is 21.7. The van der Waals surface area contributed by atoms with E-state index >= 15 is 0 Å². The summed E-state index contributed by atoms with van der Waals surface area (Å²) in [6.07, 6.45) is 5.80. The molecule has 4 aromatic rings. The highest BCUT2D eigenvalue weighted by Gasteiger charge is 2.23. The van der Waals surface area contributed by atoms with Crippen LogP contribution in [0.1, 0.15) is 40.5 Å². The van der Waals surface area contributed by atoms with E-state index in [9.17, 15) is 4.79 Å². The lowest BCUT2D eigenvalue weighted by molar-refractivity contribution is 0.0967. The summed E-state index contributed by atoms with van der Waals surface area (Å²) in [5.41, 5.74) is 6.64. The van der Waals surface area contributed by atoms with Crippen molar-refractivity contribution in [3.63, 3.8) is 0 Å². The summed E-state index contributed by atoms with van der Waals surface area (Å²) in [6, 6.07) is 13.4. The molecule has 0 radical (unpaired) electrons. The van der Waals surface area contributed by atoms with Gasteiger partial charge in [0.2, 0.25) is 5.82 Å². The first-order valence-electron chi connectivity index (χ1n) is 12.6. The Kier molecular flexibility index (Phi) is 6.36. The third-order valence-electron chi connectivity index (χ3n) is 6.90. The summed E-state index contributed by atoms with van der Waals surface area (Å²) >= 11 is 6.19. The number of hydrogen-bond acceptors (Lipinski definition) is 8. The maximum absolute atomic E-state index is 13.3. The van der Waals surface area contributed by atoms with E-state index in [0.717, 1.165) is 46.4 Å². The number of benzene rings is 2. The molecular formula is C29H26ClN7O2. The first kappa shape index (κ1) is 24.8. The number of rotatable bonds is 5. The second-order valence-electron chi connectivity index (χ2n) is 9.58. The normalized spacial score (nSPS) is 14.6. The molecule has 0 atom stereocenters. The second-order valence-corrected chi connectivity index (χ2v) is 10.0. The molecular weight excluding hydrogens is 514 g/mol. The van der Waals surface area contributed by atoms with E-state index in [1.165, 1.54) is 11.3 Å². The summed E-state index contributed by atoms with van der Waals surface area (Å²) in [6.45, 7) is 4.25. The molecule has 0 unspecified atom stereocenters. The molecule has 0 spiro atoms. The molecule has 1 aliphatic heterocycles. The van der Waals surface area contributed by atoms with Crippen LogP contribution >= 0.6 is 11.6 Å². The first-order chi connectivity index (χ1) is 18.9. The lowest BCUT2D eigenvalue weighted by atomic mass is 9.94. The number of carbonyl (C=O) groups excluding carboxylic acids is 1. The number of halogens is 1. The molecule has 10 heteroatoms. The van der Waals surface area contributed by atoms with E-state index in [-0.39, 0.29) is 5.82 Å². The topological polar surface area (TPSA) is 109 Å². The standard InChI is InChI=1S/C29H26ClN7O2/c1-16-26(17(2)39-36-16)20-7-10-23-22(14-20)27(31-15-18-5-4-6-21(30)13-18)34-28(32-23)29(38)33-25-12-9-19-8-11-24(19)37(3)35-25/h4-7,9-10,12-14H,8,11,15H2,1-3H3,(H,31,32,34)(H,33,35,38). The Labute approximate surface area is 230 Å². The van der Waals surface area contributed by atoms with Crippen molar-refractivity contribution in [2.24, 2.45) is 5.10 Å². The minimum absolute atomic E-state index is 0.0347. The van der Waals surface area contributed by atoms with Crippen LogP contribution in [0.15, 0.2) is 75.5 Å². The van der Waals surface area contributed by atoms with E-state index in [4.69, 9.17) is 16.1 Å². The number of carbonyl (C=O) groups is 1. The van der Waals surface area contributed by atoms with Gasteiger partial charge in [0.1, 0.15) is 11.6 Å². The van der Waals surface area contributed by atoms with Crippen LogP contribution < -0.4 is 10.6 Å². The van der Waals surface area contributed by atoms with Gasteiger partial charge in [0.15, 0.2) is 5.84 Å². The fourth-order valence-electron chi connectivity index (χ4n) is 4.85. The number of aromatic nitrogens is 3. The highest BCUT2D eigenvalue weighted by molar-refractivity contribution is 6.30. The Bertz CT molecular complexity index is 1700. The van der Waals surface area contributed by atoms with Crippen LogP contribution in [0.2, 0.25) is 5.02 Å². The maximum Gasteiger partial charge on any atom is 0.294 e. The average molecular weight is 540 g/mol. The van der Waals surface area contributed by atoms with Crippen molar-refractivity contribution < 1.29 is 9.32 Å². The van der Waals surface area contributed by atoms with Gasteiger partial charge < -0.3 is 15.2 Å². The number of amidine groups is 1. The minimum atomic E-state index is -0.446. The van der Waals surface area contributed by atoms with Crippen molar-refractivity contribution in [1.82, 2.24) is 25.5 Å². The van der Waals surface area contributed by atoms with Crippen LogP contribution in [0.5, 0.6) is 0 Å². The van der Waals surface area contributed by atoms with Crippen LogP contribution in [-0.2, 0) is 6.54 Å². The van der Waals surface area contributed by atoms with Crippen molar-refractivity contribution in [2.45, 2.75) is 33.2 Å². The third kappa shape index (κ3) is 4.88. The zero-order valence-corrected chi connectivity index (χ0v) is 22.5. The maximum atomic E-state index is 13.3. The summed E-state index contributed by atoms with van der Waals surface area (Å²) in [5.74, 6) is 1.27. The lowest BCUT2D eigenvalue weighted by Gasteiger charge is -2.26. The van der Waals surface area contributed by atoms with E-state index < -0.39 is 5.91 Å². The van der Waals surface area contributed by atoms with E-state index in [1.54, 1.807) is 0 Å². The van der Waals surface area contributed by atoms with Gasteiger partial charge in [0, 0.05) is 35.3 Å². The molecule has 0 saturated heterocycles. The van der Waals surface area contributed by atoms with Gasteiger partial charge in [0.05, 0.1) is 11.2 Å². The Morgan fingerprint density at radius 1 is 1.10 bits per heavy atom. The predicted octanol–water partition coefficient (Wildman–Crippen LogP) is 5.76. The molecule has 6 rings (SSSR count). The Balaban J connectivity index is 1.36. The quantitative estimate of drug-likeness (QED) is 0.332. The van der Waals surface area contributed by atoms with Gasteiger partial charge in [-0.15, -0.1) is 0 Å². The number of hydrazone groups is 1. The summed E-state index contributed by atoms with van der Waals surface area (Å²) in [5, 5.41) is 18.1. The molecule has 3 heterocycles. The number of anilines is 1. The molecule has 1 aliphatic carbocycles. The highest BCUT2D eigenvalue weighted by atomic mass is 35.5. The monoisotopic (exact) mass is 539 g/mol. The van der Waals surface area contributed by atoms with Crippen molar-refractivity contribution in [3.05, 3.63) is 93.8 Å². The minimum Gasteiger partial charge on any atom is -0.365 e. The summed E-state index contributed by atoms with van der Waals surface area (Å²) < 4.78 is 5.38. The van der Waals surface area contributed by atoms with Gasteiger partial charge in [-0.25, -0.2) is 9.97 Å². The number of fused-ring (bicyclic) bond motifs is 1. The largest absolute Gasteiger partial charge is 0.365 e. The van der Waals surface area contributed by atoms with E-state index in [2.05, 4.69) is 30.9 Å². The summed E-state index contributed by atoms with van der Waals surface area (Å²) in [4.78, 5) is 22.6. The van der Waals surface area contributed by atoms with Crippen molar-refractivity contribution in [2.75, 3.05) is 12.4 Å². The third-order valence-corrected chi connectivity index (χ3v) is 7.14. The number of nitrogens with zero attached hydrogens (tertiary/aromatic N) is 5. The summed E-state index contributed by atoms with van der Waals surface area (Å²) in [7, 11) is 1.88. The molecule has 2 aromatic heterocycles. The SMILES string of the molecule is Cc1noc(C)c1-c1ccc2nc(C(=O)NC3=NN(C)C4=C(C=C3)CC4)nc(NCc3cccc(Cl)c3)c2c1. The molecule has 0 saturated carbocycles. The van der Waals surface area contributed by atoms with Gasteiger partial charge in [-0.1, -0.05) is 41.0 Å². The second kappa shape index (κ2) is 9.99. The van der Waals surface area contributed by atoms with Gasteiger partial charge in [-0.05, 0) is 73.7 Å². The molecule has 196 valence electrons.